The molecular formula is C12H20N2O6P+. The summed E-state index contributed by atoms with van der Waals surface area (Å²) in [6.07, 6.45) is 2.69. The number of rotatable bonds is 0. The normalized spacial score (nSPS) is 42.5. The number of carbonyl (C=O) groups is 2. The maximum absolute atomic E-state index is 12.0. The molecule has 0 saturated carbocycles. The third kappa shape index (κ3) is 3.78. The molecule has 1 saturated heterocycles. The molecule has 118 valence electrons. The minimum absolute atomic E-state index is 0.210. The maximum Gasteiger partial charge on any atom is 0.387 e. The predicted molar refractivity (Wildman–Crippen MR) is 72.7 cm³/mol. The molecule has 0 aliphatic carbocycles. The van der Waals surface area contributed by atoms with Crippen LogP contribution in [0.1, 0.15) is 19.8 Å². The number of hydrogen-bond donors (Lipinski definition) is 2. The first-order chi connectivity index (χ1) is 9.74. The fourth-order valence-electron chi connectivity index (χ4n) is 2.47. The zero-order valence-electron chi connectivity index (χ0n) is 11.8. The first kappa shape index (κ1) is 16.3. The van der Waals surface area contributed by atoms with Gasteiger partial charge in [-0.05, 0) is 0 Å². The van der Waals surface area contributed by atoms with Gasteiger partial charge >= 0.3 is 19.5 Å². The van der Waals surface area contributed by atoms with Gasteiger partial charge in [0.15, 0.2) is 0 Å². The zero-order chi connectivity index (χ0) is 15.7. The third-order valence-electron chi connectivity index (χ3n) is 3.73. The molecule has 0 spiro atoms. The van der Waals surface area contributed by atoms with Crippen molar-refractivity contribution in [3.63, 3.8) is 0 Å². The Balaban J connectivity index is 2.30. The summed E-state index contributed by atoms with van der Waals surface area (Å²) in [5.41, 5.74) is 5.64. The Morgan fingerprint density at radius 2 is 2.10 bits per heavy atom. The predicted octanol–water partition coefficient (Wildman–Crippen LogP) is 0.0694. The monoisotopic (exact) mass is 319 g/mol. The second-order valence-electron chi connectivity index (χ2n) is 5.34. The van der Waals surface area contributed by atoms with Crippen molar-refractivity contribution in [3.05, 3.63) is 12.2 Å². The number of hydrogen-bond acceptors (Lipinski definition) is 6. The van der Waals surface area contributed by atoms with Crippen LogP contribution in [-0.2, 0) is 23.5 Å². The summed E-state index contributed by atoms with van der Waals surface area (Å²) in [6, 6.07) is -1.09. The van der Waals surface area contributed by atoms with E-state index in [0.717, 1.165) is 0 Å². The standard InChI is InChI=1S/C12H19N2O6P/c1-9(15)14-6-4-10(5-7-14)20-21(17,18)8-2-3-11(13)12(16)19-14/h2-3,10-11H,4-8,13H2,1H3/p+1/b3-2-. The molecular weight excluding hydrogens is 299 g/mol. The Hall–Kier alpha value is -1.05. The van der Waals surface area contributed by atoms with Gasteiger partial charge in [0.05, 0.1) is 19.2 Å². The first-order valence-electron chi connectivity index (χ1n) is 6.78. The average Bonchev–Trinajstić information content (AvgIpc) is 2.39. The van der Waals surface area contributed by atoms with Crippen LogP contribution >= 0.6 is 7.60 Å². The molecule has 8 nitrogen and oxygen atoms in total. The Bertz CT molecular complexity index is 512. The van der Waals surface area contributed by atoms with Crippen LogP contribution in [0, 0.1) is 0 Å². The Morgan fingerprint density at radius 3 is 2.67 bits per heavy atom. The first-order valence-corrected chi connectivity index (χ1v) is 8.54. The second kappa shape index (κ2) is 5.98. The molecule has 3 heterocycles. The lowest BCUT2D eigenvalue weighted by Gasteiger charge is -2.37. The van der Waals surface area contributed by atoms with Gasteiger partial charge in [-0.15, -0.1) is 0 Å². The fourth-order valence-corrected chi connectivity index (χ4v) is 3.62. The molecule has 2 atom stereocenters. The molecule has 3 N–H and O–H groups in total. The van der Waals surface area contributed by atoms with E-state index in [1.807, 2.05) is 0 Å². The van der Waals surface area contributed by atoms with E-state index in [0.29, 0.717) is 12.8 Å². The van der Waals surface area contributed by atoms with Crippen molar-refractivity contribution in [2.45, 2.75) is 31.9 Å². The largest absolute Gasteiger partial charge is 0.387 e. The molecule has 3 aliphatic heterocycles. The fraction of sp³-hybridized carbons (Fsp3) is 0.667. The summed E-state index contributed by atoms with van der Waals surface area (Å²) in [4.78, 5) is 38.9. The quantitative estimate of drug-likeness (QED) is 0.369. The number of amides is 1. The van der Waals surface area contributed by atoms with Gasteiger partial charge in [0.2, 0.25) is 0 Å². The third-order valence-corrected chi connectivity index (χ3v) is 5.03. The van der Waals surface area contributed by atoms with Crippen molar-refractivity contribution in [1.82, 2.24) is 0 Å². The van der Waals surface area contributed by atoms with Crippen molar-refractivity contribution >= 4 is 19.5 Å². The van der Waals surface area contributed by atoms with E-state index < -0.39 is 30.4 Å². The summed E-state index contributed by atoms with van der Waals surface area (Å²) in [5.74, 6) is -1.03. The van der Waals surface area contributed by atoms with E-state index >= 15 is 0 Å². The molecule has 0 aromatic heterocycles. The number of allylic oxidation sites excluding steroid dienone is 1. The molecule has 0 aromatic rings. The molecule has 2 unspecified atom stereocenters. The van der Waals surface area contributed by atoms with Crippen molar-refractivity contribution in [3.8, 4) is 0 Å². The van der Waals surface area contributed by atoms with Crippen LogP contribution in [0.5, 0.6) is 0 Å². The molecule has 1 fully saturated rings. The van der Waals surface area contributed by atoms with Gasteiger partial charge in [0.1, 0.15) is 19.1 Å². The lowest BCUT2D eigenvalue weighted by Crippen LogP contribution is -2.59. The summed E-state index contributed by atoms with van der Waals surface area (Å²) >= 11 is 0. The number of carbonyl (C=O) groups excluding carboxylic acids is 2. The van der Waals surface area contributed by atoms with Gasteiger partial charge in [-0.1, -0.05) is 16.8 Å². The Kier molecular flexibility index (Phi) is 4.65. The second-order valence-corrected chi connectivity index (χ2v) is 7.20. The SMILES string of the molecule is CC(=O)[N+]12CCC(CC1)OP(=O)(O)C/C=C\C(N)C(=O)O2. The molecule has 3 rings (SSSR count). The van der Waals surface area contributed by atoms with Crippen LogP contribution in [0.15, 0.2) is 12.2 Å². The summed E-state index contributed by atoms with van der Waals surface area (Å²) in [6.45, 7) is 1.77. The number of piperidine rings is 1. The topological polar surface area (TPSA) is 116 Å². The number of fused-ring (bicyclic) bond motifs is 8. The highest BCUT2D eigenvalue weighted by Gasteiger charge is 2.45. The molecule has 9 heteroatoms. The zero-order valence-corrected chi connectivity index (χ0v) is 12.7. The van der Waals surface area contributed by atoms with Crippen molar-refractivity contribution in [1.29, 1.82) is 0 Å². The van der Waals surface area contributed by atoms with Crippen LogP contribution in [0.2, 0.25) is 0 Å². The van der Waals surface area contributed by atoms with Crippen LogP contribution < -0.4 is 5.73 Å². The van der Waals surface area contributed by atoms with E-state index in [2.05, 4.69) is 0 Å². The van der Waals surface area contributed by atoms with Crippen LogP contribution in [-0.4, -0.2) is 52.8 Å². The van der Waals surface area contributed by atoms with Gasteiger partial charge in [-0.25, -0.2) is 9.59 Å². The number of hydroxylamine groups is 3. The number of nitrogens with zero attached hydrogens (tertiary/aromatic N) is 1. The molecule has 0 radical (unpaired) electrons. The van der Waals surface area contributed by atoms with Gasteiger partial charge in [0.25, 0.3) is 0 Å². The summed E-state index contributed by atoms with van der Waals surface area (Å²) < 4.78 is 16.7. The van der Waals surface area contributed by atoms with Crippen molar-refractivity contribution in [2.24, 2.45) is 5.73 Å². The molecule has 2 bridgehead atoms. The maximum atomic E-state index is 12.0. The average molecular weight is 319 g/mol. The van der Waals surface area contributed by atoms with E-state index in [1.165, 1.54) is 19.1 Å². The van der Waals surface area contributed by atoms with Gasteiger partial charge in [-0.3, -0.25) is 9.40 Å². The van der Waals surface area contributed by atoms with Crippen molar-refractivity contribution in [2.75, 3.05) is 19.3 Å². The number of nitrogens with two attached hydrogens (primary N) is 1. The highest BCUT2D eigenvalue weighted by atomic mass is 31.2. The molecule has 1 amide bonds. The highest BCUT2D eigenvalue weighted by Crippen LogP contribution is 2.45. The molecule has 3 aliphatic rings. The molecule has 21 heavy (non-hydrogen) atoms. The molecule has 0 aromatic carbocycles. The van der Waals surface area contributed by atoms with Crippen LogP contribution in [0.25, 0.3) is 0 Å². The van der Waals surface area contributed by atoms with E-state index in [1.54, 1.807) is 0 Å². The van der Waals surface area contributed by atoms with Crippen LogP contribution in [0.4, 0.5) is 0 Å². The smallest absolute Gasteiger partial charge is 0.324 e. The van der Waals surface area contributed by atoms with Gasteiger partial charge < -0.3 is 15.2 Å². The highest BCUT2D eigenvalue weighted by molar-refractivity contribution is 7.53. The summed E-state index contributed by atoms with van der Waals surface area (Å²) in [5, 5.41) is 0. The minimum atomic E-state index is -3.76. The Labute approximate surface area is 122 Å². The summed E-state index contributed by atoms with van der Waals surface area (Å²) in [7, 11) is -3.76. The van der Waals surface area contributed by atoms with Crippen molar-refractivity contribution < 1.29 is 33.1 Å². The number of quaternary nitrogens is 1. The lowest BCUT2D eigenvalue weighted by atomic mass is 10.1. The van der Waals surface area contributed by atoms with Gasteiger partial charge in [0, 0.05) is 12.8 Å². The Morgan fingerprint density at radius 1 is 1.48 bits per heavy atom. The van der Waals surface area contributed by atoms with E-state index in [9.17, 15) is 19.0 Å². The van der Waals surface area contributed by atoms with E-state index in [4.69, 9.17) is 15.1 Å². The lowest BCUT2D eigenvalue weighted by molar-refractivity contribution is -1.03. The van der Waals surface area contributed by atoms with E-state index in [-0.39, 0.29) is 25.2 Å². The van der Waals surface area contributed by atoms with Gasteiger partial charge in [-0.2, -0.15) is 0 Å². The minimum Gasteiger partial charge on any atom is -0.324 e. The van der Waals surface area contributed by atoms with Crippen LogP contribution in [0.3, 0.4) is 0 Å².